The number of halogens is 2. The lowest BCUT2D eigenvalue weighted by molar-refractivity contribution is -0.157. The van der Waals surface area contributed by atoms with E-state index in [-0.39, 0.29) is 37.5 Å². The van der Waals surface area contributed by atoms with E-state index >= 15 is 0 Å². The molecule has 2 rings (SSSR count). The molecule has 0 bridgehead atoms. The number of hydrogen-bond acceptors (Lipinski definition) is 9. The number of methoxy groups -OCH3 is 2. The highest BCUT2D eigenvalue weighted by Gasteiger charge is 2.19. The Labute approximate surface area is 220 Å². The molecule has 2 aromatic carbocycles. The molecular formula is C26H34F2O10. The Morgan fingerprint density at radius 3 is 1.50 bits per heavy atom. The summed E-state index contributed by atoms with van der Waals surface area (Å²) in [6.45, 7) is 4.06. The number of carboxylic acids is 1. The predicted molar refractivity (Wildman–Crippen MR) is 133 cm³/mol. The van der Waals surface area contributed by atoms with Crippen molar-refractivity contribution in [1.29, 1.82) is 0 Å². The van der Waals surface area contributed by atoms with E-state index in [9.17, 15) is 28.0 Å². The average Bonchev–Trinajstić information content (AvgIpc) is 2.80. The van der Waals surface area contributed by atoms with Crippen LogP contribution in [0.1, 0.15) is 56.3 Å². The van der Waals surface area contributed by atoms with Gasteiger partial charge in [-0.05, 0) is 45.0 Å². The van der Waals surface area contributed by atoms with Gasteiger partial charge in [-0.2, -0.15) is 0 Å². The molecule has 0 aliphatic heterocycles. The third-order valence-electron chi connectivity index (χ3n) is 3.81. The van der Waals surface area contributed by atoms with E-state index in [1.54, 1.807) is 20.8 Å². The fourth-order valence-corrected chi connectivity index (χ4v) is 2.44. The number of rotatable bonds is 8. The number of aliphatic carboxylic acids is 1. The van der Waals surface area contributed by atoms with Crippen LogP contribution < -0.4 is 9.47 Å². The molecule has 38 heavy (non-hydrogen) atoms. The average molecular weight is 545 g/mol. The zero-order valence-corrected chi connectivity index (χ0v) is 20.3. The lowest BCUT2D eigenvalue weighted by Crippen LogP contribution is -2.27. The summed E-state index contributed by atoms with van der Waals surface area (Å²) in [6, 6.07) is 6.49. The Morgan fingerprint density at radius 2 is 1.16 bits per heavy atom. The monoisotopic (exact) mass is 544 g/mol. The van der Waals surface area contributed by atoms with Crippen molar-refractivity contribution >= 4 is 23.9 Å². The highest BCUT2D eigenvalue weighted by molar-refractivity contribution is 5.93. The van der Waals surface area contributed by atoms with Crippen molar-refractivity contribution in [2.75, 3.05) is 27.4 Å². The van der Waals surface area contributed by atoms with Crippen molar-refractivity contribution < 1.29 is 56.7 Å². The van der Waals surface area contributed by atoms with Crippen LogP contribution in [0, 0.1) is 11.6 Å². The van der Waals surface area contributed by atoms with Crippen molar-refractivity contribution in [3.63, 3.8) is 0 Å². The molecule has 0 amide bonds. The summed E-state index contributed by atoms with van der Waals surface area (Å²) in [4.78, 5) is 44.5. The van der Waals surface area contributed by atoms with Crippen LogP contribution in [0.2, 0.25) is 0 Å². The molecule has 12 heteroatoms. The van der Waals surface area contributed by atoms with Gasteiger partial charge in [0.25, 0.3) is 0 Å². The minimum Gasteiger partial charge on any atom is -0.481 e. The van der Waals surface area contributed by atoms with Gasteiger partial charge in [0.15, 0.2) is 13.2 Å². The van der Waals surface area contributed by atoms with Gasteiger partial charge in [0.05, 0.1) is 14.2 Å². The summed E-state index contributed by atoms with van der Waals surface area (Å²) < 4.78 is 49.9. The SMILES string of the molecule is C.C.COC(=O)c1ccc(F)cc1OCC(=O)O.COC(=O)c1ccc(F)cc1OCC(=O)OC(C)(C)C. The van der Waals surface area contributed by atoms with Crippen LogP contribution in [0.15, 0.2) is 36.4 Å². The quantitative estimate of drug-likeness (QED) is 0.369. The molecule has 0 spiro atoms. The number of ether oxygens (including phenoxy) is 5. The van der Waals surface area contributed by atoms with Crippen LogP contribution in [-0.2, 0) is 23.8 Å². The van der Waals surface area contributed by atoms with Crippen LogP contribution in [0.5, 0.6) is 11.5 Å². The van der Waals surface area contributed by atoms with Gasteiger partial charge < -0.3 is 28.8 Å². The first kappa shape index (κ1) is 35.9. The number of carbonyl (C=O) groups excluding carboxylic acids is 3. The smallest absolute Gasteiger partial charge is 0.344 e. The van der Waals surface area contributed by atoms with E-state index in [4.69, 9.17) is 19.3 Å². The van der Waals surface area contributed by atoms with Gasteiger partial charge in [0.2, 0.25) is 0 Å². The first-order valence-electron chi connectivity index (χ1n) is 10.2. The van der Waals surface area contributed by atoms with Crippen LogP contribution in [-0.4, -0.2) is 62.0 Å². The maximum absolute atomic E-state index is 13.2. The molecular weight excluding hydrogens is 510 g/mol. The molecule has 0 saturated carbocycles. The van der Waals surface area contributed by atoms with Crippen LogP contribution >= 0.6 is 0 Å². The second-order valence-electron chi connectivity index (χ2n) is 7.82. The van der Waals surface area contributed by atoms with Crippen molar-refractivity contribution in [2.24, 2.45) is 0 Å². The van der Waals surface area contributed by atoms with Crippen molar-refractivity contribution in [2.45, 2.75) is 41.2 Å². The molecule has 10 nitrogen and oxygen atoms in total. The molecule has 2 aromatic rings. The highest BCUT2D eigenvalue weighted by atomic mass is 19.1. The minimum atomic E-state index is -1.22. The van der Waals surface area contributed by atoms with Crippen molar-refractivity contribution in [3.8, 4) is 11.5 Å². The van der Waals surface area contributed by atoms with Crippen LogP contribution in [0.4, 0.5) is 8.78 Å². The summed E-state index contributed by atoms with van der Waals surface area (Å²) in [5.41, 5.74) is -0.629. The van der Waals surface area contributed by atoms with Crippen molar-refractivity contribution in [1.82, 2.24) is 0 Å². The van der Waals surface area contributed by atoms with E-state index in [0.29, 0.717) is 0 Å². The summed E-state index contributed by atoms with van der Waals surface area (Å²) in [5.74, 6) is -4.68. The molecule has 0 aromatic heterocycles. The lowest BCUT2D eigenvalue weighted by atomic mass is 10.2. The maximum Gasteiger partial charge on any atom is 0.344 e. The first-order chi connectivity index (χ1) is 16.8. The Morgan fingerprint density at radius 1 is 0.763 bits per heavy atom. The number of hydrogen-bond donors (Lipinski definition) is 1. The van der Waals surface area contributed by atoms with Gasteiger partial charge in [-0.25, -0.2) is 28.0 Å². The fourth-order valence-electron chi connectivity index (χ4n) is 2.44. The number of benzene rings is 2. The number of carboxylic acid groups (broad SMARTS) is 1. The highest BCUT2D eigenvalue weighted by Crippen LogP contribution is 2.22. The third-order valence-corrected chi connectivity index (χ3v) is 3.81. The third kappa shape index (κ3) is 12.7. The summed E-state index contributed by atoms with van der Waals surface area (Å²) >= 11 is 0. The standard InChI is InChI=1S/C14H17FO5.C10H9FO5.2CH4/c1-14(2,3)20-12(16)8-19-11-7-9(15)5-6-10(11)13(17)18-4;1-15-10(14)7-3-2-6(11)4-8(7)16-5-9(12)13;;/h5-7H,8H2,1-4H3;2-4H,5H2,1H3,(H,12,13);2*1H4. The van der Waals surface area contributed by atoms with E-state index in [2.05, 4.69) is 9.47 Å². The molecule has 0 unspecified atom stereocenters. The summed E-state index contributed by atoms with van der Waals surface area (Å²) in [5, 5.41) is 8.40. The van der Waals surface area contributed by atoms with Crippen molar-refractivity contribution in [3.05, 3.63) is 59.2 Å². The molecule has 1 N–H and O–H groups in total. The Balaban J connectivity index is 0. The lowest BCUT2D eigenvalue weighted by Gasteiger charge is -2.19. The number of carbonyl (C=O) groups is 4. The second-order valence-corrected chi connectivity index (χ2v) is 7.82. The Hall–Kier alpha value is -4.22. The van der Waals surface area contributed by atoms with E-state index < -0.39 is 54.3 Å². The maximum atomic E-state index is 13.2. The van der Waals surface area contributed by atoms with Gasteiger partial charge >= 0.3 is 23.9 Å². The normalized spacial score (nSPS) is 9.76. The molecule has 0 saturated heterocycles. The zero-order valence-electron chi connectivity index (χ0n) is 20.3. The minimum absolute atomic E-state index is 0. The van der Waals surface area contributed by atoms with Gasteiger partial charge in [-0.1, -0.05) is 14.9 Å². The van der Waals surface area contributed by atoms with Gasteiger partial charge in [-0.3, -0.25) is 0 Å². The molecule has 0 heterocycles. The van der Waals surface area contributed by atoms with Crippen LogP contribution in [0.25, 0.3) is 0 Å². The number of esters is 3. The second kappa shape index (κ2) is 16.5. The van der Waals surface area contributed by atoms with Crippen LogP contribution in [0.3, 0.4) is 0 Å². The largest absolute Gasteiger partial charge is 0.481 e. The topological polar surface area (TPSA) is 135 Å². The molecule has 0 aliphatic rings. The molecule has 0 fully saturated rings. The van der Waals surface area contributed by atoms with E-state index in [1.165, 1.54) is 19.2 Å². The van der Waals surface area contributed by atoms with E-state index in [0.717, 1.165) is 31.4 Å². The fraction of sp³-hybridized carbons (Fsp3) is 0.385. The summed E-state index contributed by atoms with van der Waals surface area (Å²) in [7, 11) is 2.36. The van der Waals surface area contributed by atoms with Gasteiger partial charge in [-0.15, -0.1) is 0 Å². The van der Waals surface area contributed by atoms with Gasteiger partial charge in [0, 0.05) is 12.1 Å². The molecule has 0 radical (unpaired) electrons. The first-order valence-corrected chi connectivity index (χ1v) is 10.2. The zero-order chi connectivity index (χ0) is 27.5. The molecule has 0 atom stereocenters. The molecule has 0 aliphatic carbocycles. The Bertz CT molecular complexity index is 1090. The van der Waals surface area contributed by atoms with Gasteiger partial charge in [0.1, 0.15) is 39.9 Å². The summed E-state index contributed by atoms with van der Waals surface area (Å²) in [6.07, 6.45) is 0. The predicted octanol–water partition coefficient (Wildman–Crippen LogP) is 4.68. The molecule has 212 valence electrons. The van der Waals surface area contributed by atoms with E-state index in [1.807, 2.05) is 0 Å². The Kier molecular flexibility index (Phi) is 15.6.